The van der Waals surface area contributed by atoms with E-state index < -0.39 is 6.10 Å². The van der Waals surface area contributed by atoms with Crippen molar-refractivity contribution in [3.8, 4) is 5.75 Å². The van der Waals surface area contributed by atoms with Crippen molar-refractivity contribution in [2.45, 2.75) is 20.0 Å². The minimum Gasteiger partial charge on any atom is -0.490 e. The summed E-state index contributed by atoms with van der Waals surface area (Å²) in [6.07, 6.45) is 2.68. The van der Waals surface area contributed by atoms with Crippen LogP contribution in [0.15, 0.2) is 42.7 Å². The largest absolute Gasteiger partial charge is 0.490 e. The number of ether oxygens (including phenoxy) is 1. The van der Waals surface area contributed by atoms with E-state index in [1.807, 2.05) is 32.0 Å². The molecule has 4 nitrogen and oxygen atoms in total. The summed E-state index contributed by atoms with van der Waals surface area (Å²) in [7, 11) is 0. The van der Waals surface area contributed by atoms with Crippen molar-refractivity contribution in [3.05, 3.63) is 59.4 Å². The first-order valence-electron chi connectivity index (χ1n) is 5.95. The summed E-state index contributed by atoms with van der Waals surface area (Å²) in [6, 6.07) is 9.63. The number of hydrogen-bond donors (Lipinski definition) is 1. The molecule has 0 aliphatic rings. The van der Waals surface area contributed by atoms with Crippen LogP contribution in [-0.4, -0.2) is 22.2 Å². The molecule has 0 bridgehead atoms. The minimum absolute atomic E-state index is 0. The summed E-state index contributed by atoms with van der Waals surface area (Å²) in [6.45, 7) is 4.27. The average molecular weight is 298 g/mol. The second kappa shape index (κ2) is 8.53. The number of aliphatic hydroxyl groups is 1. The Labute approximate surface area is 125 Å². The Morgan fingerprint density at radius 3 is 2.60 bits per heavy atom. The van der Waals surface area contributed by atoms with Gasteiger partial charge in [0.1, 0.15) is 18.5 Å². The molecule has 2 rings (SSSR count). The van der Waals surface area contributed by atoms with Gasteiger partial charge in [-0.1, -0.05) is 23.8 Å². The molecule has 1 aromatic heterocycles. The number of pyridine rings is 1. The lowest BCUT2D eigenvalue weighted by Gasteiger charge is -2.14. The van der Waals surface area contributed by atoms with Crippen molar-refractivity contribution in [2.75, 3.05) is 6.61 Å². The summed E-state index contributed by atoms with van der Waals surface area (Å²) in [5.74, 6) is 0.809. The van der Waals surface area contributed by atoms with E-state index in [1.165, 1.54) is 5.56 Å². The molecule has 0 amide bonds. The van der Waals surface area contributed by atoms with E-state index in [4.69, 9.17) is 4.74 Å². The van der Waals surface area contributed by atoms with E-state index in [0.29, 0.717) is 0 Å². The molecule has 0 saturated carbocycles. The maximum atomic E-state index is 9.96. The molecule has 1 atom stereocenters. The molecule has 0 aliphatic carbocycles. The summed E-state index contributed by atoms with van der Waals surface area (Å²) in [4.78, 5) is 3.97. The molecule has 20 heavy (non-hydrogen) atoms. The lowest BCUT2D eigenvalue weighted by Crippen LogP contribution is -2.10. The van der Waals surface area contributed by atoms with Crippen LogP contribution in [0.4, 0.5) is 0 Å². The monoisotopic (exact) mass is 297 g/mol. The van der Waals surface area contributed by atoms with E-state index in [2.05, 4.69) is 11.1 Å². The third-order valence-corrected chi connectivity index (χ3v) is 2.80. The first-order valence-corrected chi connectivity index (χ1v) is 5.95. The Morgan fingerprint density at radius 2 is 2.00 bits per heavy atom. The molecule has 110 valence electrons. The lowest BCUT2D eigenvalue weighted by molar-refractivity contribution is 0.107. The van der Waals surface area contributed by atoms with Crippen molar-refractivity contribution in [3.63, 3.8) is 0 Å². The summed E-state index contributed by atoms with van der Waals surface area (Å²) >= 11 is 0. The molecule has 1 unspecified atom stereocenters. The van der Waals surface area contributed by atoms with Gasteiger partial charge >= 0.3 is 0 Å². The molecule has 0 aliphatic heterocycles. The van der Waals surface area contributed by atoms with E-state index in [9.17, 15) is 5.11 Å². The Kier molecular flexibility index (Phi) is 7.84. The van der Waals surface area contributed by atoms with Crippen LogP contribution in [-0.2, 0) is 0 Å². The number of aliphatic hydroxyl groups excluding tert-OH is 1. The third kappa shape index (κ3) is 4.81. The molecule has 0 radical (unpaired) electrons. The zero-order chi connectivity index (χ0) is 13.0. The molecule has 1 aromatic carbocycles. The van der Waals surface area contributed by atoms with Gasteiger partial charge in [0.05, 0.1) is 0 Å². The van der Waals surface area contributed by atoms with E-state index in [-0.39, 0.29) is 24.5 Å². The van der Waals surface area contributed by atoms with Gasteiger partial charge in [0.15, 0.2) is 0 Å². The quantitative estimate of drug-likeness (QED) is 0.941. The van der Waals surface area contributed by atoms with Crippen LogP contribution in [0.5, 0.6) is 5.75 Å². The lowest BCUT2D eigenvalue weighted by atomic mass is 10.1. The second-order valence-corrected chi connectivity index (χ2v) is 4.38. The zero-order valence-electron chi connectivity index (χ0n) is 11.5. The van der Waals surface area contributed by atoms with Crippen LogP contribution in [0.2, 0.25) is 0 Å². The Morgan fingerprint density at radius 1 is 1.25 bits per heavy atom. The highest BCUT2D eigenvalue weighted by Gasteiger charge is 2.09. The van der Waals surface area contributed by atoms with Crippen LogP contribution < -0.4 is 4.74 Å². The van der Waals surface area contributed by atoms with Crippen LogP contribution in [0.25, 0.3) is 0 Å². The molecular weight excluding hydrogens is 278 g/mol. The normalized spacial score (nSPS) is 10.9. The Bertz CT molecular complexity index is 520. The Balaban J connectivity index is 0.00000180. The molecule has 2 aromatic rings. The number of nitrogens with zero attached hydrogens (tertiary/aromatic N) is 1. The zero-order valence-corrected chi connectivity index (χ0v) is 12.4. The topological polar surface area (TPSA) is 73.8 Å². The fourth-order valence-electron chi connectivity index (χ4n) is 1.80. The van der Waals surface area contributed by atoms with Gasteiger partial charge in [-0.2, -0.15) is 0 Å². The predicted octanol–water partition coefficient (Wildman–Crippen LogP) is 2.41. The smallest absolute Gasteiger partial charge is 0.122 e. The van der Waals surface area contributed by atoms with Gasteiger partial charge in [-0.05, 0) is 31.5 Å². The number of halogens is 1. The van der Waals surface area contributed by atoms with Crippen molar-refractivity contribution in [1.82, 2.24) is 4.98 Å². The number of rotatable bonds is 4. The molecule has 1 heterocycles. The highest BCUT2D eigenvalue weighted by molar-refractivity contribution is 5.85. The van der Waals surface area contributed by atoms with Gasteiger partial charge in [0.25, 0.3) is 0 Å². The maximum absolute atomic E-state index is 9.96. The van der Waals surface area contributed by atoms with Crippen LogP contribution >= 0.6 is 12.4 Å². The number of aromatic nitrogens is 1. The number of aryl methyl sites for hydroxylation is 2. The molecule has 3 N–H and O–H groups in total. The third-order valence-electron chi connectivity index (χ3n) is 2.80. The van der Waals surface area contributed by atoms with E-state index in [0.717, 1.165) is 16.9 Å². The van der Waals surface area contributed by atoms with Crippen LogP contribution in [0.3, 0.4) is 0 Å². The van der Waals surface area contributed by atoms with Gasteiger partial charge in [0, 0.05) is 18.0 Å². The van der Waals surface area contributed by atoms with Gasteiger partial charge in [-0.3, -0.25) is 4.98 Å². The molecule has 5 heteroatoms. The van der Waals surface area contributed by atoms with Crippen molar-refractivity contribution < 1.29 is 15.3 Å². The fourth-order valence-corrected chi connectivity index (χ4v) is 1.80. The van der Waals surface area contributed by atoms with Gasteiger partial charge in [-0.15, -0.1) is 12.4 Å². The van der Waals surface area contributed by atoms with Crippen molar-refractivity contribution in [1.29, 1.82) is 0 Å². The average Bonchev–Trinajstić information content (AvgIpc) is 2.38. The van der Waals surface area contributed by atoms with E-state index >= 15 is 0 Å². The number of benzene rings is 1. The van der Waals surface area contributed by atoms with Crippen LogP contribution in [0.1, 0.15) is 22.8 Å². The number of hydrogen-bond acceptors (Lipinski definition) is 3. The van der Waals surface area contributed by atoms with E-state index in [1.54, 1.807) is 18.5 Å². The minimum atomic E-state index is -0.653. The second-order valence-electron chi connectivity index (χ2n) is 4.38. The molecule has 0 fully saturated rings. The maximum Gasteiger partial charge on any atom is 0.122 e. The first kappa shape index (κ1) is 18.4. The van der Waals surface area contributed by atoms with Crippen LogP contribution in [0, 0.1) is 13.8 Å². The Hall–Kier alpha value is -1.62. The van der Waals surface area contributed by atoms with Gasteiger partial charge in [0.2, 0.25) is 0 Å². The fraction of sp³-hybridized carbons (Fsp3) is 0.267. The van der Waals surface area contributed by atoms with Gasteiger partial charge < -0.3 is 15.3 Å². The summed E-state index contributed by atoms with van der Waals surface area (Å²) in [5.41, 5.74) is 3.04. The van der Waals surface area contributed by atoms with Crippen molar-refractivity contribution in [2.24, 2.45) is 0 Å². The molecule has 0 spiro atoms. The van der Waals surface area contributed by atoms with Crippen molar-refractivity contribution >= 4 is 12.4 Å². The highest BCUT2D eigenvalue weighted by atomic mass is 35.5. The molecule has 0 saturated heterocycles. The predicted molar refractivity (Wildman–Crippen MR) is 81.5 cm³/mol. The SMILES string of the molecule is Cc1ccc(OCC(O)c2cccnc2)c(C)c1.Cl.O. The molecular formula is C15H20ClNO3. The standard InChI is InChI=1S/C15H17NO2.ClH.H2O/c1-11-5-6-15(12(2)8-11)18-10-14(17)13-4-3-7-16-9-13;;/h3-9,14,17H,10H2,1-2H3;1H;1H2. The van der Waals surface area contributed by atoms with Gasteiger partial charge in [-0.25, -0.2) is 0 Å². The highest BCUT2D eigenvalue weighted by Crippen LogP contribution is 2.20. The first-order chi connectivity index (χ1) is 8.66. The summed E-state index contributed by atoms with van der Waals surface area (Å²) < 4.78 is 5.63. The summed E-state index contributed by atoms with van der Waals surface area (Å²) in [5, 5.41) is 9.96.